The first-order valence-electron chi connectivity index (χ1n) is 7.34. The van der Waals surface area contributed by atoms with Gasteiger partial charge in [0, 0.05) is 17.3 Å². The Hall–Kier alpha value is -2.80. The minimum absolute atomic E-state index is 0.0535. The lowest BCUT2D eigenvalue weighted by Gasteiger charge is -2.05. The van der Waals surface area contributed by atoms with Gasteiger partial charge in [-0.2, -0.15) is 0 Å². The lowest BCUT2D eigenvalue weighted by atomic mass is 10.2. The number of oxime groups is 1. The van der Waals surface area contributed by atoms with Gasteiger partial charge in [0.15, 0.2) is 5.71 Å². The molecular formula is C17H18ClN3O4. The van der Waals surface area contributed by atoms with Crippen LogP contribution in [0.5, 0.6) is 5.88 Å². The van der Waals surface area contributed by atoms with Crippen molar-refractivity contribution in [1.29, 1.82) is 0 Å². The van der Waals surface area contributed by atoms with E-state index in [1.54, 1.807) is 36.0 Å². The number of halogens is 1. The van der Waals surface area contributed by atoms with Gasteiger partial charge in [0.05, 0.1) is 12.8 Å². The number of hydrogen-bond donors (Lipinski definition) is 0. The second kappa shape index (κ2) is 8.89. The SMILES string of the molecule is CO/N=C(/C=C(/C)COc1ccn(-c2ccc(Cl)cc2)n1)C(=O)OC. The van der Waals surface area contributed by atoms with Crippen LogP contribution in [0.2, 0.25) is 5.02 Å². The summed E-state index contributed by atoms with van der Waals surface area (Å²) in [5.74, 6) is -0.140. The number of aromatic nitrogens is 2. The van der Waals surface area contributed by atoms with Gasteiger partial charge >= 0.3 is 5.97 Å². The van der Waals surface area contributed by atoms with Crippen LogP contribution in [-0.2, 0) is 14.4 Å². The minimum Gasteiger partial charge on any atom is -0.472 e. The van der Waals surface area contributed by atoms with E-state index in [4.69, 9.17) is 16.3 Å². The molecule has 7 nitrogen and oxygen atoms in total. The summed E-state index contributed by atoms with van der Waals surface area (Å²) in [6.07, 6.45) is 3.31. The largest absolute Gasteiger partial charge is 0.472 e. The number of ether oxygens (including phenoxy) is 2. The third kappa shape index (κ3) is 5.36. The van der Waals surface area contributed by atoms with Crippen LogP contribution in [0.15, 0.2) is 53.3 Å². The molecule has 2 rings (SSSR count). The molecule has 0 unspecified atom stereocenters. The zero-order chi connectivity index (χ0) is 18.2. The van der Waals surface area contributed by atoms with Crippen molar-refractivity contribution >= 4 is 23.3 Å². The molecule has 0 bridgehead atoms. The van der Waals surface area contributed by atoms with Crippen molar-refractivity contribution < 1.29 is 19.1 Å². The van der Waals surface area contributed by atoms with E-state index >= 15 is 0 Å². The number of carbonyl (C=O) groups is 1. The average Bonchev–Trinajstić information content (AvgIpc) is 3.08. The first-order chi connectivity index (χ1) is 12.0. The molecule has 0 aliphatic rings. The average molecular weight is 364 g/mol. The first-order valence-corrected chi connectivity index (χ1v) is 7.72. The van der Waals surface area contributed by atoms with Crippen molar-refractivity contribution in [3.05, 3.63) is 53.2 Å². The van der Waals surface area contributed by atoms with Crippen LogP contribution < -0.4 is 4.74 Å². The molecule has 1 heterocycles. The third-order valence-corrected chi connectivity index (χ3v) is 3.32. The molecule has 0 amide bonds. The van der Waals surface area contributed by atoms with Gasteiger partial charge < -0.3 is 14.3 Å². The van der Waals surface area contributed by atoms with Gasteiger partial charge in [-0.15, -0.1) is 5.10 Å². The Morgan fingerprint density at radius 1 is 1.28 bits per heavy atom. The summed E-state index contributed by atoms with van der Waals surface area (Å²) in [6, 6.07) is 9.03. The maximum Gasteiger partial charge on any atom is 0.360 e. The van der Waals surface area contributed by atoms with Crippen molar-refractivity contribution in [2.24, 2.45) is 5.16 Å². The van der Waals surface area contributed by atoms with Crippen LogP contribution in [0, 0.1) is 0 Å². The molecule has 2 aromatic rings. The fourth-order valence-corrected chi connectivity index (χ4v) is 2.04. The fourth-order valence-electron chi connectivity index (χ4n) is 1.91. The van der Waals surface area contributed by atoms with E-state index < -0.39 is 5.97 Å². The Bertz CT molecular complexity index is 781. The van der Waals surface area contributed by atoms with E-state index in [0.717, 1.165) is 11.3 Å². The van der Waals surface area contributed by atoms with E-state index in [-0.39, 0.29) is 12.3 Å². The Balaban J connectivity index is 2.01. The fraction of sp³-hybridized carbons (Fsp3) is 0.235. The molecule has 0 spiro atoms. The standard InChI is InChI=1S/C17H18ClN3O4/c1-12(10-15(20-24-3)17(22)23-2)11-25-16-8-9-21(19-16)14-6-4-13(18)5-7-14/h4-10H,11H2,1-3H3/b12-10-,20-15-. The molecule has 0 aliphatic heterocycles. The van der Waals surface area contributed by atoms with Crippen molar-refractivity contribution in [1.82, 2.24) is 9.78 Å². The molecule has 0 radical (unpaired) electrons. The maximum absolute atomic E-state index is 11.6. The number of methoxy groups -OCH3 is 1. The monoisotopic (exact) mass is 363 g/mol. The van der Waals surface area contributed by atoms with E-state index in [1.807, 2.05) is 12.1 Å². The summed E-state index contributed by atoms with van der Waals surface area (Å²) in [5, 5.41) is 8.61. The molecule has 0 aliphatic carbocycles. The summed E-state index contributed by atoms with van der Waals surface area (Å²) in [6.45, 7) is 2.03. The minimum atomic E-state index is -0.590. The van der Waals surface area contributed by atoms with Gasteiger partial charge in [0.1, 0.15) is 13.7 Å². The van der Waals surface area contributed by atoms with E-state index in [1.165, 1.54) is 20.3 Å². The predicted molar refractivity (Wildman–Crippen MR) is 94.3 cm³/mol. The molecule has 1 aromatic heterocycles. The van der Waals surface area contributed by atoms with Crippen LogP contribution in [0.25, 0.3) is 5.69 Å². The molecule has 0 saturated carbocycles. The Morgan fingerprint density at radius 3 is 2.64 bits per heavy atom. The Morgan fingerprint density at radius 2 is 2.00 bits per heavy atom. The highest BCUT2D eigenvalue weighted by molar-refractivity contribution is 6.41. The van der Waals surface area contributed by atoms with Crippen LogP contribution in [-0.4, -0.2) is 42.3 Å². The van der Waals surface area contributed by atoms with Crippen molar-refractivity contribution in [3.63, 3.8) is 0 Å². The van der Waals surface area contributed by atoms with Gasteiger partial charge in [-0.25, -0.2) is 9.48 Å². The predicted octanol–water partition coefficient (Wildman–Crippen LogP) is 3.03. The zero-order valence-electron chi connectivity index (χ0n) is 14.1. The summed E-state index contributed by atoms with van der Waals surface area (Å²) in [5.41, 5.74) is 1.67. The zero-order valence-corrected chi connectivity index (χ0v) is 14.9. The number of carbonyl (C=O) groups excluding carboxylic acids is 1. The Labute approximate surface area is 150 Å². The number of hydrogen-bond acceptors (Lipinski definition) is 6. The van der Waals surface area contributed by atoms with Crippen LogP contribution in [0.3, 0.4) is 0 Å². The summed E-state index contributed by atoms with van der Waals surface area (Å²) >= 11 is 5.87. The molecular weight excluding hydrogens is 346 g/mol. The van der Waals surface area contributed by atoms with Crippen molar-refractivity contribution in [2.45, 2.75) is 6.92 Å². The summed E-state index contributed by atoms with van der Waals surface area (Å²) in [4.78, 5) is 16.2. The van der Waals surface area contributed by atoms with Gasteiger partial charge in [0.25, 0.3) is 0 Å². The molecule has 8 heteroatoms. The molecule has 25 heavy (non-hydrogen) atoms. The van der Waals surface area contributed by atoms with Gasteiger partial charge in [-0.1, -0.05) is 16.8 Å². The highest BCUT2D eigenvalue weighted by Crippen LogP contribution is 2.15. The highest BCUT2D eigenvalue weighted by Gasteiger charge is 2.10. The quantitative estimate of drug-likeness (QED) is 0.429. The lowest BCUT2D eigenvalue weighted by Crippen LogP contribution is -2.15. The Kier molecular flexibility index (Phi) is 6.59. The van der Waals surface area contributed by atoms with Crippen LogP contribution in [0.1, 0.15) is 6.92 Å². The van der Waals surface area contributed by atoms with E-state index in [2.05, 4.69) is 19.8 Å². The number of benzene rings is 1. The number of nitrogens with zero attached hydrogens (tertiary/aromatic N) is 3. The van der Waals surface area contributed by atoms with Gasteiger partial charge in [-0.3, -0.25) is 0 Å². The molecule has 1 aromatic carbocycles. The van der Waals surface area contributed by atoms with Gasteiger partial charge in [0.2, 0.25) is 5.88 Å². The van der Waals surface area contributed by atoms with E-state index in [9.17, 15) is 4.79 Å². The van der Waals surface area contributed by atoms with Crippen molar-refractivity contribution in [3.8, 4) is 11.6 Å². The normalized spacial score (nSPS) is 12.0. The first kappa shape index (κ1) is 18.5. The second-order valence-electron chi connectivity index (χ2n) is 5.01. The molecule has 0 N–H and O–H groups in total. The molecule has 0 fully saturated rings. The molecule has 0 saturated heterocycles. The van der Waals surface area contributed by atoms with Gasteiger partial charge in [-0.05, 0) is 42.8 Å². The smallest absolute Gasteiger partial charge is 0.360 e. The third-order valence-electron chi connectivity index (χ3n) is 3.07. The second-order valence-corrected chi connectivity index (χ2v) is 5.44. The van der Waals surface area contributed by atoms with Crippen molar-refractivity contribution in [2.75, 3.05) is 20.8 Å². The highest BCUT2D eigenvalue weighted by atomic mass is 35.5. The van der Waals surface area contributed by atoms with E-state index in [0.29, 0.717) is 10.9 Å². The maximum atomic E-state index is 11.6. The molecule has 0 atom stereocenters. The topological polar surface area (TPSA) is 74.9 Å². The van der Waals surface area contributed by atoms with Crippen LogP contribution >= 0.6 is 11.6 Å². The molecule has 132 valence electrons. The lowest BCUT2D eigenvalue weighted by molar-refractivity contribution is -0.132. The number of rotatable bonds is 7. The summed E-state index contributed by atoms with van der Waals surface area (Å²) in [7, 11) is 2.63. The van der Waals surface area contributed by atoms with Crippen LogP contribution in [0.4, 0.5) is 0 Å². The number of esters is 1. The summed E-state index contributed by atoms with van der Waals surface area (Å²) < 4.78 is 11.9.